The number of benzene rings is 2. The van der Waals surface area contributed by atoms with E-state index in [9.17, 15) is 9.59 Å². The van der Waals surface area contributed by atoms with Crippen LogP contribution < -0.4 is 15.5 Å². The lowest BCUT2D eigenvalue weighted by Crippen LogP contribution is -2.34. The molecule has 2 aromatic carbocycles. The van der Waals surface area contributed by atoms with Gasteiger partial charge in [0.15, 0.2) is 0 Å². The van der Waals surface area contributed by atoms with Crippen molar-refractivity contribution < 1.29 is 9.59 Å². The predicted octanol–water partition coefficient (Wildman–Crippen LogP) is 3.09. The molecule has 1 heterocycles. The van der Waals surface area contributed by atoms with E-state index >= 15 is 0 Å². The average molecular weight is 358 g/mol. The minimum absolute atomic E-state index is 0.0354. The summed E-state index contributed by atoms with van der Waals surface area (Å²) < 4.78 is 0. The van der Waals surface area contributed by atoms with Crippen molar-refractivity contribution in [1.29, 1.82) is 0 Å². The number of rotatable bonds is 5. The van der Waals surface area contributed by atoms with E-state index in [0.717, 1.165) is 12.1 Å². The lowest BCUT2D eigenvalue weighted by atomic mass is 10.1. The van der Waals surface area contributed by atoms with Crippen LogP contribution in [0.5, 0.6) is 0 Å². The number of amides is 2. The molecular weight excluding hydrogens is 338 g/mol. The van der Waals surface area contributed by atoms with Crippen LogP contribution in [0.15, 0.2) is 42.5 Å². The second-order valence-corrected chi connectivity index (χ2v) is 6.26. The van der Waals surface area contributed by atoms with Gasteiger partial charge in [0.25, 0.3) is 5.91 Å². The van der Waals surface area contributed by atoms with E-state index in [4.69, 9.17) is 11.6 Å². The first-order valence-electron chi connectivity index (χ1n) is 8.30. The average Bonchev–Trinajstić information content (AvgIpc) is 3.04. The molecule has 2 amide bonds. The van der Waals surface area contributed by atoms with Crippen molar-refractivity contribution in [2.75, 3.05) is 29.9 Å². The van der Waals surface area contributed by atoms with E-state index in [-0.39, 0.29) is 18.4 Å². The summed E-state index contributed by atoms with van der Waals surface area (Å²) in [7, 11) is 0. The molecule has 0 aromatic heterocycles. The Morgan fingerprint density at radius 1 is 1.20 bits per heavy atom. The Bertz CT molecular complexity index is 807. The molecule has 2 N–H and O–H groups in total. The molecule has 0 atom stereocenters. The van der Waals surface area contributed by atoms with Crippen molar-refractivity contribution in [3.8, 4) is 0 Å². The molecule has 0 fully saturated rings. The molecular formula is C19H20ClN3O2. The van der Waals surface area contributed by atoms with Crippen molar-refractivity contribution in [1.82, 2.24) is 5.32 Å². The molecule has 0 spiro atoms. The van der Waals surface area contributed by atoms with Crippen LogP contribution in [0.2, 0.25) is 5.02 Å². The Balaban J connectivity index is 1.73. The summed E-state index contributed by atoms with van der Waals surface area (Å²) in [5.74, 6) is -0.229. The zero-order valence-corrected chi connectivity index (χ0v) is 14.8. The van der Waals surface area contributed by atoms with E-state index in [1.165, 1.54) is 5.56 Å². The zero-order chi connectivity index (χ0) is 17.8. The van der Waals surface area contributed by atoms with E-state index in [0.29, 0.717) is 29.4 Å². The van der Waals surface area contributed by atoms with Crippen molar-refractivity contribution in [3.63, 3.8) is 0 Å². The summed E-state index contributed by atoms with van der Waals surface area (Å²) in [4.78, 5) is 26.5. The standard InChI is InChI=1S/C19H20ClN3O2/c1-2-21-19(25)15-8-7-14(20)11-16(15)22-12-18(24)23-10-9-13-5-3-4-6-17(13)23/h3-8,11,22H,2,9-10,12H2,1H3,(H,21,25). The molecule has 1 aliphatic heterocycles. The first-order valence-corrected chi connectivity index (χ1v) is 8.68. The maximum atomic E-state index is 12.6. The number of hydrogen-bond donors (Lipinski definition) is 2. The number of hydrogen-bond acceptors (Lipinski definition) is 3. The first-order chi connectivity index (χ1) is 12.1. The highest BCUT2D eigenvalue weighted by atomic mass is 35.5. The fraction of sp³-hybridized carbons (Fsp3) is 0.263. The Morgan fingerprint density at radius 3 is 2.80 bits per heavy atom. The molecule has 1 aliphatic rings. The van der Waals surface area contributed by atoms with Crippen molar-refractivity contribution >= 4 is 34.8 Å². The van der Waals surface area contributed by atoms with Crippen molar-refractivity contribution in [2.45, 2.75) is 13.3 Å². The van der Waals surface area contributed by atoms with Gasteiger partial charge in [0.05, 0.1) is 12.1 Å². The van der Waals surface area contributed by atoms with Crippen molar-refractivity contribution in [2.24, 2.45) is 0 Å². The molecule has 0 bridgehead atoms. The number of para-hydroxylation sites is 1. The summed E-state index contributed by atoms with van der Waals surface area (Å²) in [6.45, 7) is 3.17. The number of halogens is 1. The molecule has 3 rings (SSSR count). The smallest absolute Gasteiger partial charge is 0.253 e. The van der Waals surface area contributed by atoms with E-state index in [2.05, 4.69) is 10.6 Å². The predicted molar refractivity (Wildman–Crippen MR) is 100 cm³/mol. The van der Waals surface area contributed by atoms with Crippen LogP contribution in [0.4, 0.5) is 11.4 Å². The lowest BCUT2D eigenvalue weighted by Gasteiger charge is -2.19. The minimum Gasteiger partial charge on any atom is -0.375 e. The highest BCUT2D eigenvalue weighted by Crippen LogP contribution is 2.27. The quantitative estimate of drug-likeness (QED) is 0.864. The highest BCUT2D eigenvalue weighted by molar-refractivity contribution is 6.31. The Morgan fingerprint density at radius 2 is 2.00 bits per heavy atom. The van der Waals surface area contributed by atoms with Gasteiger partial charge in [-0.1, -0.05) is 29.8 Å². The minimum atomic E-state index is -0.194. The van der Waals surface area contributed by atoms with Gasteiger partial charge in [-0.05, 0) is 43.2 Å². The second kappa shape index (κ2) is 7.57. The van der Waals surface area contributed by atoms with Crippen molar-refractivity contribution in [3.05, 3.63) is 58.6 Å². The van der Waals surface area contributed by atoms with Crippen LogP contribution in [0.3, 0.4) is 0 Å². The van der Waals surface area contributed by atoms with Crippen LogP contribution in [-0.2, 0) is 11.2 Å². The first kappa shape index (κ1) is 17.3. The molecule has 6 heteroatoms. The maximum Gasteiger partial charge on any atom is 0.253 e. The van der Waals surface area contributed by atoms with Crippen LogP contribution in [0, 0.1) is 0 Å². The third kappa shape index (κ3) is 3.77. The van der Waals surface area contributed by atoms with Crippen LogP contribution in [0.25, 0.3) is 0 Å². The number of nitrogens with one attached hydrogen (secondary N) is 2. The van der Waals surface area contributed by atoms with E-state index in [1.54, 1.807) is 23.1 Å². The molecule has 2 aromatic rings. The molecule has 0 unspecified atom stereocenters. The maximum absolute atomic E-state index is 12.6. The number of anilines is 2. The van der Waals surface area contributed by atoms with E-state index < -0.39 is 0 Å². The normalized spacial score (nSPS) is 12.6. The number of fused-ring (bicyclic) bond motifs is 1. The largest absolute Gasteiger partial charge is 0.375 e. The number of carbonyl (C=O) groups excluding carboxylic acids is 2. The lowest BCUT2D eigenvalue weighted by molar-refractivity contribution is -0.116. The van der Waals surface area contributed by atoms with Gasteiger partial charge in [0.2, 0.25) is 5.91 Å². The Hall–Kier alpha value is -2.53. The summed E-state index contributed by atoms with van der Waals surface area (Å²) in [5, 5.41) is 6.33. The second-order valence-electron chi connectivity index (χ2n) is 5.83. The van der Waals surface area contributed by atoms with Gasteiger partial charge in [-0.2, -0.15) is 0 Å². The highest BCUT2D eigenvalue weighted by Gasteiger charge is 2.24. The molecule has 130 valence electrons. The Labute approximate surface area is 152 Å². The molecule has 0 aliphatic carbocycles. The third-order valence-corrected chi connectivity index (χ3v) is 4.42. The zero-order valence-electron chi connectivity index (χ0n) is 14.0. The number of carbonyl (C=O) groups is 2. The van der Waals surface area contributed by atoms with Gasteiger partial charge >= 0.3 is 0 Å². The molecule has 5 nitrogen and oxygen atoms in total. The topological polar surface area (TPSA) is 61.4 Å². The van der Waals surface area contributed by atoms with Crippen LogP contribution in [0.1, 0.15) is 22.8 Å². The third-order valence-electron chi connectivity index (χ3n) is 4.18. The van der Waals surface area contributed by atoms with Gasteiger partial charge in [-0.3, -0.25) is 9.59 Å². The molecule has 25 heavy (non-hydrogen) atoms. The van der Waals surface area contributed by atoms with Gasteiger partial charge in [0, 0.05) is 29.5 Å². The molecule has 0 radical (unpaired) electrons. The van der Waals surface area contributed by atoms with Gasteiger partial charge in [-0.15, -0.1) is 0 Å². The van der Waals surface area contributed by atoms with Gasteiger partial charge < -0.3 is 15.5 Å². The van der Waals surface area contributed by atoms with Gasteiger partial charge in [0.1, 0.15) is 0 Å². The summed E-state index contributed by atoms with van der Waals surface area (Å²) >= 11 is 6.04. The SMILES string of the molecule is CCNC(=O)c1ccc(Cl)cc1NCC(=O)N1CCc2ccccc21. The number of nitrogens with zero attached hydrogens (tertiary/aromatic N) is 1. The summed E-state index contributed by atoms with van der Waals surface area (Å²) in [6.07, 6.45) is 0.864. The van der Waals surface area contributed by atoms with Gasteiger partial charge in [-0.25, -0.2) is 0 Å². The van der Waals surface area contributed by atoms with E-state index in [1.807, 2.05) is 31.2 Å². The fourth-order valence-electron chi connectivity index (χ4n) is 2.98. The summed E-state index contributed by atoms with van der Waals surface area (Å²) in [6, 6.07) is 12.9. The monoisotopic (exact) mass is 357 g/mol. The Kier molecular flexibility index (Phi) is 5.24. The molecule has 0 saturated carbocycles. The van der Waals surface area contributed by atoms with Crippen LogP contribution >= 0.6 is 11.6 Å². The molecule has 0 saturated heterocycles. The van der Waals surface area contributed by atoms with Crippen LogP contribution in [-0.4, -0.2) is 31.4 Å². The summed E-state index contributed by atoms with van der Waals surface area (Å²) in [5.41, 5.74) is 3.17. The fourth-order valence-corrected chi connectivity index (χ4v) is 3.15.